The monoisotopic (exact) mass is 374 g/mol. The van der Waals surface area contributed by atoms with Crippen LogP contribution in [0.2, 0.25) is 0 Å². The van der Waals surface area contributed by atoms with Gasteiger partial charge in [0.15, 0.2) is 5.75 Å². The van der Waals surface area contributed by atoms with Crippen molar-refractivity contribution in [1.82, 2.24) is 14.9 Å². The molecular formula is C20H30N4O3. The molecule has 27 heavy (non-hydrogen) atoms. The Labute approximate surface area is 160 Å². The number of rotatable bonds is 8. The van der Waals surface area contributed by atoms with Crippen molar-refractivity contribution in [3.05, 3.63) is 24.0 Å². The number of H-pyrrole nitrogens is 1. The first-order valence-corrected chi connectivity index (χ1v) is 9.90. The molecule has 1 aromatic carbocycles. The molecule has 0 atom stereocenters. The number of carbonyl (C=O) groups is 1. The van der Waals surface area contributed by atoms with E-state index in [2.05, 4.69) is 28.7 Å². The highest BCUT2D eigenvalue weighted by molar-refractivity contribution is 5.84. The van der Waals surface area contributed by atoms with Gasteiger partial charge in [0.2, 0.25) is 0 Å². The molecule has 1 heterocycles. The first-order chi connectivity index (χ1) is 13.1. The first-order valence-electron chi connectivity index (χ1n) is 9.90. The van der Waals surface area contributed by atoms with E-state index in [0.29, 0.717) is 23.3 Å². The number of primary amides is 1. The maximum Gasteiger partial charge on any atom is 0.410 e. The van der Waals surface area contributed by atoms with Crippen LogP contribution in [-0.2, 0) is 4.74 Å². The van der Waals surface area contributed by atoms with Crippen LogP contribution in [0.1, 0.15) is 51.3 Å². The van der Waals surface area contributed by atoms with E-state index in [1.165, 1.54) is 0 Å². The molecule has 3 N–H and O–H groups in total. The van der Waals surface area contributed by atoms with Gasteiger partial charge in [-0.05, 0) is 50.9 Å². The van der Waals surface area contributed by atoms with Gasteiger partial charge in [-0.2, -0.15) is 0 Å². The van der Waals surface area contributed by atoms with Crippen LogP contribution in [0.3, 0.4) is 0 Å². The molecule has 1 saturated carbocycles. The molecule has 2 aromatic rings. The highest BCUT2D eigenvalue weighted by Gasteiger charge is 2.25. The predicted octanol–water partition coefficient (Wildman–Crippen LogP) is 3.41. The predicted molar refractivity (Wildman–Crippen MR) is 105 cm³/mol. The Morgan fingerprint density at radius 1 is 1.26 bits per heavy atom. The quantitative estimate of drug-likeness (QED) is 0.738. The second-order valence-electron chi connectivity index (χ2n) is 7.07. The summed E-state index contributed by atoms with van der Waals surface area (Å²) in [6.07, 6.45) is 3.70. The Bertz CT molecular complexity index is 749. The number of amides is 1. The molecular weight excluding hydrogens is 344 g/mol. The summed E-state index contributed by atoms with van der Waals surface area (Å²) in [5.41, 5.74) is 6.66. The molecule has 3 rings (SSSR count). The fourth-order valence-electron chi connectivity index (χ4n) is 3.80. The Kier molecular flexibility index (Phi) is 6.68. The molecule has 0 bridgehead atoms. The SMILES string of the molecule is CCN(CC)CCOC1CCC(c2nc3c(OC(N)=O)cccc3[nH]2)CC1. The number of hydrogen-bond donors (Lipinski definition) is 2. The zero-order chi connectivity index (χ0) is 19.2. The average Bonchev–Trinajstić information content (AvgIpc) is 3.11. The van der Waals surface area contributed by atoms with Crippen LogP contribution >= 0.6 is 0 Å². The second kappa shape index (κ2) is 9.19. The van der Waals surface area contributed by atoms with Gasteiger partial charge in [0.05, 0.1) is 18.2 Å². The number of ether oxygens (including phenoxy) is 2. The lowest BCUT2D eigenvalue weighted by Gasteiger charge is -2.28. The van der Waals surface area contributed by atoms with E-state index in [9.17, 15) is 4.79 Å². The van der Waals surface area contributed by atoms with Crippen molar-refractivity contribution < 1.29 is 14.3 Å². The van der Waals surface area contributed by atoms with Crippen molar-refractivity contribution >= 4 is 17.1 Å². The van der Waals surface area contributed by atoms with Gasteiger partial charge in [-0.1, -0.05) is 19.9 Å². The maximum atomic E-state index is 11.1. The van der Waals surface area contributed by atoms with Gasteiger partial charge in [-0.3, -0.25) is 0 Å². The zero-order valence-electron chi connectivity index (χ0n) is 16.2. The minimum Gasteiger partial charge on any atom is -0.408 e. The average molecular weight is 374 g/mol. The smallest absolute Gasteiger partial charge is 0.408 e. The molecule has 0 unspecified atom stereocenters. The third-order valence-corrected chi connectivity index (χ3v) is 5.42. The lowest BCUT2D eigenvalue weighted by Crippen LogP contribution is -2.30. The number of nitrogens with one attached hydrogen (secondary N) is 1. The topological polar surface area (TPSA) is 93.5 Å². The highest BCUT2D eigenvalue weighted by Crippen LogP contribution is 2.35. The van der Waals surface area contributed by atoms with Gasteiger partial charge in [0.25, 0.3) is 0 Å². The largest absolute Gasteiger partial charge is 0.410 e. The number of imidazole rings is 1. The molecule has 0 spiro atoms. The number of hydrogen-bond acceptors (Lipinski definition) is 5. The summed E-state index contributed by atoms with van der Waals surface area (Å²) >= 11 is 0. The van der Waals surface area contributed by atoms with E-state index in [1.807, 2.05) is 12.1 Å². The van der Waals surface area contributed by atoms with E-state index in [0.717, 1.165) is 63.3 Å². The summed E-state index contributed by atoms with van der Waals surface area (Å²) < 4.78 is 11.1. The highest BCUT2D eigenvalue weighted by atomic mass is 16.5. The van der Waals surface area contributed by atoms with Gasteiger partial charge in [0.1, 0.15) is 11.3 Å². The molecule has 0 aliphatic heterocycles. The Morgan fingerprint density at radius 2 is 2.00 bits per heavy atom. The number of aromatic nitrogens is 2. The summed E-state index contributed by atoms with van der Waals surface area (Å²) in [6, 6.07) is 5.46. The zero-order valence-corrected chi connectivity index (χ0v) is 16.2. The van der Waals surface area contributed by atoms with E-state index in [4.69, 9.17) is 15.2 Å². The summed E-state index contributed by atoms with van der Waals surface area (Å²) in [5.74, 6) is 1.73. The minimum absolute atomic E-state index is 0.343. The number of para-hydroxylation sites is 1. The number of carbonyl (C=O) groups excluding carboxylic acids is 1. The molecule has 1 aliphatic rings. The van der Waals surface area contributed by atoms with E-state index < -0.39 is 6.09 Å². The van der Waals surface area contributed by atoms with E-state index in [-0.39, 0.29) is 0 Å². The van der Waals surface area contributed by atoms with Gasteiger partial charge in [-0.15, -0.1) is 0 Å². The number of likely N-dealkylation sites (N-methyl/N-ethyl adjacent to an activating group) is 1. The molecule has 0 radical (unpaired) electrons. The summed E-state index contributed by atoms with van der Waals surface area (Å²) in [7, 11) is 0. The van der Waals surface area contributed by atoms with E-state index in [1.54, 1.807) is 6.07 Å². The van der Waals surface area contributed by atoms with Crippen LogP contribution < -0.4 is 10.5 Å². The van der Waals surface area contributed by atoms with Crippen molar-refractivity contribution in [3.63, 3.8) is 0 Å². The summed E-state index contributed by atoms with van der Waals surface area (Å²) in [4.78, 5) is 21.5. The fourth-order valence-corrected chi connectivity index (χ4v) is 3.80. The number of nitrogens with two attached hydrogens (primary N) is 1. The van der Waals surface area contributed by atoms with Crippen LogP contribution in [-0.4, -0.2) is 53.3 Å². The van der Waals surface area contributed by atoms with Crippen LogP contribution in [0.4, 0.5) is 4.79 Å². The minimum atomic E-state index is -0.825. The molecule has 1 aliphatic carbocycles. The van der Waals surface area contributed by atoms with Gasteiger partial charge in [0, 0.05) is 12.5 Å². The van der Waals surface area contributed by atoms with Crippen LogP contribution in [0, 0.1) is 0 Å². The van der Waals surface area contributed by atoms with Gasteiger partial charge in [-0.25, -0.2) is 9.78 Å². The first kappa shape index (κ1) is 19.6. The number of benzene rings is 1. The fraction of sp³-hybridized carbons (Fsp3) is 0.600. The Balaban J connectivity index is 1.56. The normalized spacial score (nSPS) is 20.3. The van der Waals surface area contributed by atoms with Crippen molar-refractivity contribution in [3.8, 4) is 5.75 Å². The third-order valence-electron chi connectivity index (χ3n) is 5.42. The van der Waals surface area contributed by atoms with Crippen molar-refractivity contribution in [2.45, 2.75) is 51.6 Å². The van der Waals surface area contributed by atoms with Crippen LogP contribution in [0.5, 0.6) is 5.75 Å². The lowest BCUT2D eigenvalue weighted by atomic mass is 9.87. The lowest BCUT2D eigenvalue weighted by molar-refractivity contribution is 0.0137. The Morgan fingerprint density at radius 3 is 2.67 bits per heavy atom. The molecule has 148 valence electrons. The molecule has 1 amide bonds. The third kappa shape index (κ3) is 4.99. The van der Waals surface area contributed by atoms with Gasteiger partial charge < -0.3 is 25.1 Å². The second-order valence-corrected chi connectivity index (χ2v) is 7.07. The van der Waals surface area contributed by atoms with Crippen molar-refractivity contribution in [1.29, 1.82) is 0 Å². The molecule has 1 aromatic heterocycles. The van der Waals surface area contributed by atoms with E-state index >= 15 is 0 Å². The summed E-state index contributed by atoms with van der Waals surface area (Å²) in [6.45, 7) is 8.30. The molecule has 7 heteroatoms. The summed E-state index contributed by atoms with van der Waals surface area (Å²) in [5, 5.41) is 0. The number of aromatic amines is 1. The number of fused-ring (bicyclic) bond motifs is 1. The Hall–Kier alpha value is -2.12. The molecule has 0 saturated heterocycles. The molecule has 7 nitrogen and oxygen atoms in total. The van der Waals surface area contributed by atoms with Crippen LogP contribution in [0.25, 0.3) is 11.0 Å². The van der Waals surface area contributed by atoms with Crippen molar-refractivity contribution in [2.24, 2.45) is 5.73 Å². The standard InChI is InChI=1S/C20H30N4O3/c1-3-24(4-2)12-13-26-15-10-8-14(9-11-15)19-22-16-6-5-7-17(18(16)23-19)27-20(21)25/h5-7,14-15H,3-4,8-13H2,1-2H3,(H2,21,25)(H,22,23). The van der Waals surface area contributed by atoms with Gasteiger partial charge >= 0.3 is 6.09 Å². The van der Waals surface area contributed by atoms with Crippen molar-refractivity contribution in [2.75, 3.05) is 26.2 Å². The number of nitrogens with zero attached hydrogens (tertiary/aromatic N) is 2. The van der Waals surface area contributed by atoms with Crippen LogP contribution in [0.15, 0.2) is 18.2 Å². The maximum absolute atomic E-state index is 11.1. The molecule has 1 fully saturated rings.